The summed E-state index contributed by atoms with van der Waals surface area (Å²) in [6.45, 7) is 5.56. The molecule has 0 saturated heterocycles. The summed E-state index contributed by atoms with van der Waals surface area (Å²) in [5.74, 6) is -0.441. The number of benzene rings is 1. The zero-order valence-corrected chi connectivity index (χ0v) is 14.5. The molecule has 1 atom stereocenters. The third-order valence-corrected chi connectivity index (χ3v) is 4.54. The monoisotopic (exact) mass is 332 g/mol. The van der Waals surface area contributed by atoms with Crippen LogP contribution in [0.15, 0.2) is 24.4 Å². The number of hydrogen-bond acceptors (Lipinski definition) is 3. The van der Waals surface area contributed by atoms with E-state index in [1.807, 2.05) is 32.0 Å². The fourth-order valence-electron chi connectivity index (χ4n) is 2.77. The van der Waals surface area contributed by atoms with Crippen molar-refractivity contribution >= 4 is 22.8 Å². The lowest BCUT2D eigenvalue weighted by Gasteiger charge is -2.33. The molecule has 0 fully saturated rings. The van der Waals surface area contributed by atoms with Crippen molar-refractivity contribution in [2.45, 2.75) is 39.2 Å². The minimum Gasteiger partial charge on any atom is -0.496 e. The van der Waals surface area contributed by atoms with Gasteiger partial charge in [0.25, 0.3) is 0 Å². The number of hydrogen-bond donors (Lipinski definition) is 3. The van der Waals surface area contributed by atoms with Gasteiger partial charge in [0.1, 0.15) is 5.75 Å². The van der Waals surface area contributed by atoms with E-state index in [9.17, 15) is 9.59 Å². The highest BCUT2D eigenvalue weighted by molar-refractivity contribution is 5.93. The summed E-state index contributed by atoms with van der Waals surface area (Å²) >= 11 is 0. The van der Waals surface area contributed by atoms with E-state index in [1.54, 1.807) is 20.2 Å². The van der Waals surface area contributed by atoms with Crippen LogP contribution in [0.25, 0.3) is 10.9 Å². The Morgan fingerprint density at radius 2 is 2.08 bits per heavy atom. The SMILES string of the molecule is COc1cccc2[nH]cc(CC(=O)NC(C)(CC(=O)O)C(C)C)c12. The van der Waals surface area contributed by atoms with Gasteiger partial charge in [-0.2, -0.15) is 0 Å². The molecule has 130 valence electrons. The number of aromatic nitrogens is 1. The number of carboxylic acids is 1. The number of rotatable bonds is 7. The molecule has 2 rings (SSSR count). The summed E-state index contributed by atoms with van der Waals surface area (Å²) in [6, 6.07) is 5.65. The summed E-state index contributed by atoms with van der Waals surface area (Å²) in [5.41, 5.74) is 0.926. The maximum absolute atomic E-state index is 12.5. The zero-order chi connectivity index (χ0) is 17.9. The fraction of sp³-hybridized carbons (Fsp3) is 0.444. The number of amides is 1. The van der Waals surface area contributed by atoms with Crippen molar-refractivity contribution < 1.29 is 19.4 Å². The molecule has 2 aromatic rings. The highest BCUT2D eigenvalue weighted by Gasteiger charge is 2.32. The van der Waals surface area contributed by atoms with Gasteiger partial charge in [0.05, 0.1) is 20.0 Å². The second kappa shape index (κ2) is 6.95. The Hall–Kier alpha value is -2.50. The van der Waals surface area contributed by atoms with Gasteiger partial charge in [-0.25, -0.2) is 0 Å². The molecule has 6 heteroatoms. The van der Waals surface area contributed by atoms with Gasteiger partial charge in [-0.05, 0) is 30.5 Å². The van der Waals surface area contributed by atoms with Crippen LogP contribution in [0.3, 0.4) is 0 Å². The van der Waals surface area contributed by atoms with Crippen molar-refractivity contribution in [1.29, 1.82) is 0 Å². The molecule has 24 heavy (non-hydrogen) atoms. The number of methoxy groups -OCH3 is 1. The van der Waals surface area contributed by atoms with Gasteiger partial charge in [0.2, 0.25) is 5.91 Å². The molecule has 3 N–H and O–H groups in total. The predicted octanol–water partition coefficient (Wildman–Crippen LogP) is 2.72. The number of carboxylic acid groups (broad SMARTS) is 1. The predicted molar refractivity (Wildman–Crippen MR) is 92.2 cm³/mol. The highest BCUT2D eigenvalue weighted by Crippen LogP contribution is 2.29. The molecule has 0 aliphatic rings. The first-order chi connectivity index (χ1) is 11.3. The van der Waals surface area contributed by atoms with Crippen LogP contribution < -0.4 is 10.1 Å². The Kier molecular flexibility index (Phi) is 5.17. The Bertz CT molecular complexity index is 751. The second-order valence-corrected chi connectivity index (χ2v) is 6.56. The van der Waals surface area contributed by atoms with Gasteiger partial charge in [-0.15, -0.1) is 0 Å². The Morgan fingerprint density at radius 1 is 1.38 bits per heavy atom. The van der Waals surface area contributed by atoms with E-state index in [0.29, 0.717) is 5.75 Å². The Balaban J connectivity index is 2.22. The van der Waals surface area contributed by atoms with E-state index in [0.717, 1.165) is 16.5 Å². The molecule has 6 nitrogen and oxygen atoms in total. The van der Waals surface area contributed by atoms with Crippen LogP contribution >= 0.6 is 0 Å². The van der Waals surface area contributed by atoms with Crippen molar-refractivity contribution in [3.05, 3.63) is 30.0 Å². The van der Waals surface area contributed by atoms with E-state index >= 15 is 0 Å². The summed E-state index contributed by atoms with van der Waals surface area (Å²) in [5, 5.41) is 12.9. The molecule has 1 aromatic carbocycles. The molecule has 1 aromatic heterocycles. The summed E-state index contributed by atoms with van der Waals surface area (Å²) in [4.78, 5) is 26.7. The van der Waals surface area contributed by atoms with Gasteiger partial charge >= 0.3 is 5.97 Å². The molecule has 0 radical (unpaired) electrons. The van der Waals surface area contributed by atoms with E-state index < -0.39 is 11.5 Å². The summed E-state index contributed by atoms with van der Waals surface area (Å²) < 4.78 is 5.37. The average molecular weight is 332 g/mol. The first kappa shape index (κ1) is 17.8. The van der Waals surface area contributed by atoms with Crippen LogP contribution in [-0.4, -0.2) is 34.6 Å². The van der Waals surface area contributed by atoms with E-state index in [4.69, 9.17) is 9.84 Å². The molecular formula is C18H24N2O4. The normalized spacial score (nSPS) is 13.7. The van der Waals surface area contributed by atoms with Crippen LogP contribution in [0.4, 0.5) is 0 Å². The zero-order valence-electron chi connectivity index (χ0n) is 14.5. The third-order valence-electron chi connectivity index (χ3n) is 4.54. The van der Waals surface area contributed by atoms with Crippen LogP contribution in [0.1, 0.15) is 32.8 Å². The first-order valence-electron chi connectivity index (χ1n) is 7.92. The second-order valence-electron chi connectivity index (χ2n) is 6.56. The Labute approximate surface area is 141 Å². The third kappa shape index (κ3) is 3.69. The lowest BCUT2D eigenvalue weighted by atomic mass is 9.85. The van der Waals surface area contributed by atoms with Crippen LogP contribution in [0, 0.1) is 5.92 Å². The average Bonchev–Trinajstić information content (AvgIpc) is 2.89. The van der Waals surface area contributed by atoms with Crippen molar-refractivity contribution in [2.24, 2.45) is 5.92 Å². The van der Waals surface area contributed by atoms with Crippen molar-refractivity contribution in [1.82, 2.24) is 10.3 Å². The largest absolute Gasteiger partial charge is 0.496 e. The van der Waals surface area contributed by atoms with Crippen molar-refractivity contribution in [3.8, 4) is 5.75 Å². The number of carbonyl (C=O) groups is 2. The van der Waals surface area contributed by atoms with Crippen LogP contribution in [0.2, 0.25) is 0 Å². The minimum absolute atomic E-state index is 0.00458. The van der Waals surface area contributed by atoms with Gasteiger partial charge < -0.3 is 20.1 Å². The molecule has 0 saturated carbocycles. The number of fused-ring (bicyclic) bond motifs is 1. The molecule has 0 aliphatic carbocycles. The van der Waals surface area contributed by atoms with Crippen molar-refractivity contribution in [2.75, 3.05) is 7.11 Å². The minimum atomic E-state index is -0.930. The highest BCUT2D eigenvalue weighted by atomic mass is 16.5. The summed E-state index contributed by atoms with van der Waals surface area (Å²) in [6.07, 6.45) is 1.83. The van der Waals surface area contributed by atoms with E-state index in [1.165, 1.54) is 0 Å². The van der Waals surface area contributed by atoms with Crippen LogP contribution in [0.5, 0.6) is 5.75 Å². The smallest absolute Gasteiger partial charge is 0.305 e. The number of carbonyl (C=O) groups excluding carboxylic acids is 1. The molecule has 0 aliphatic heterocycles. The van der Waals surface area contributed by atoms with Gasteiger partial charge in [-0.3, -0.25) is 9.59 Å². The Morgan fingerprint density at radius 3 is 2.67 bits per heavy atom. The van der Waals surface area contributed by atoms with Gasteiger partial charge in [0, 0.05) is 22.6 Å². The quantitative estimate of drug-likeness (QED) is 0.727. The molecule has 1 heterocycles. The van der Waals surface area contributed by atoms with Gasteiger partial charge in [-0.1, -0.05) is 19.9 Å². The maximum atomic E-state index is 12.5. The number of H-pyrrole nitrogens is 1. The topological polar surface area (TPSA) is 91.4 Å². The lowest BCUT2D eigenvalue weighted by molar-refractivity contribution is -0.139. The molecule has 0 spiro atoms. The number of ether oxygens (including phenoxy) is 1. The number of aromatic amines is 1. The number of aliphatic carboxylic acids is 1. The fourth-order valence-corrected chi connectivity index (χ4v) is 2.77. The van der Waals surface area contributed by atoms with Gasteiger partial charge in [0.15, 0.2) is 0 Å². The molecule has 1 unspecified atom stereocenters. The van der Waals surface area contributed by atoms with E-state index in [-0.39, 0.29) is 24.7 Å². The molecule has 1 amide bonds. The number of nitrogens with one attached hydrogen (secondary N) is 2. The maximum Gasteiger partial charge on any atom is 0.305 e. The summed E-state index contributed by atoms with van der Waals surface area (Å²) in [7, 11) is 1.59. The standard InChI is InChI=1S/C18H24N2O4/c1-11(2)18(3,9-16(22)23)20-15(21)8-12-10-19-13-6-5-7-14(24-4)17(12)13/h5-7,10-11,19H,8-9H2,1-4H3,(H,20,21)(H,22,23). The lowest BCUT2D eigenvalue weighted by Crippen LogP contribution is -2.51. The molecular weight excluding hydrogens is 308 g/mol. The molecule has 0 bridgehead atoms. The first-order valence-corrected chi connectivity index (χ1v) is 7.92. The van der Waals surface area contributed by atoms with E-state index in [2.05, 4.69) is 10.3 Å². The van der Waals surface area contributed by atoms with Crippen LogP contribution in [-0.2, 0) is 16.0 Å². The van der Waals surface area contributed by atoms with Crippen molar-refractivity contribution in [3.63, 3.8) is 0 Å².